The molecule has 0 atom stereocenters. The molecule has 0 spiro atoms. The molecule has 0 saturated heterocycles. The van der Waals surface area contributed by atoms with Crippen molar-refractivity contribution in [3.63, 3.8) is 0 Å². The third kappa shape index (κ3) is 8.37. The van der Waals surface area contributed by atoms with Crippen molar-refractivity contribution in [2.24, 2.45) is 0 Å². The quantitative estimate of drug-likeness (QED) is 0.447. The average molecular weight is 372 g/mol. The Labute approximate surface area is 91.2 Å². The summed E-state index contributed by atoms with van der Waals surface area (Å²) >= 11 is 0. The number of carboxylic acids is 1. The molecular weight excluding hydrogens is 357 g/mol. The summed E-state index contributed by atoms with van der Waals surface area (Å²) in [4.78, 5) is 11.6. The van der Waals surface area contributed by atoms with Crippen LogP contribution in [-0.4, -0.2) is 86.3 Å². The molecule has 0 aliphatic carbocycles. The third-order valence-electron chi connectivity index (χ3n) is 1.19. The minimum absolute atomic E-state index is 0. The van der Waals surface area contributed by atoms with Gasteiger partial charge in [0, 0.05) is 13.1 Å². The molecule has 0 rings (SSSR count). The van der Waals surface area contributed by atoms with Crippen molar-refractivity contribution in [2.45, 2.75) is 0 Å². The predicted molar refractivity (Wildman–Crippen MR) is 46.8 cm³/mol. The molecule has 0 aliphatic heterocycles. The third-order valence-corrected chi connectivity index (χ3v) is 1.19. The molecule has 0 amide bonds. The van der Waals surface area contributed by atoms with Gasteiger partial charge in [-0.25, -0.2) is 0 Å². The number of carboxylic acid groups (broad SMARTS) is 1. The summed E-state index contributed by atoms with van der Waals surface area (Å²) in [5, 5.41) is 25.3. The first-order chi connectivity index (χ1) is 5.20. The van der Waals surface area contributed by atoms with Gasteiger partial charge in [0.15, 0.2) is 0 Å². The molecule has 2 radical (unpaired) electrons. The summed E-state index contributed by atoms with van der Waals surface area (Å²) < 4.78 is 0. The van der Waals surface area contributed by atoms with Crippen molar-refractivity contribution in [3.8, 4) is 0 Å². The van der Waals surface area contributed by atoms with Crippen LogP contribution in [-0.2, 0) is 4.79 Å². The molecule has 0 aliphatic rings. The summed E-state index contributed by atoms with van der Waals surface area (Å²) in [5.41, 5.74) is 0. The summed E-state index contributed by atoms with van der Waals surface area (Å²) in [7, 11) is 0. The number of aliphatic hydroxyl groups is 2. The first-order valence-corrected chi connectivity index (χ1v) is 3.36. The van der Waals surface area contributed by atoms with Crippen LogP contribution in [0.4, 0.5) is 0 Å². The Balaban J connectivity index is 0. The van der Waals surface area contributed by atoms with Crippen molar-refractivity contribution >= 4 is 33.3 Å². The van der Waals surface area contributed by atoms with Gasteiger partial charge in [-0.2, -0.15) is 0 Å². The SMILES string of the molecule is O=C(O)CN(CCO)CCO.[PbH2]. The zero-order chi connectivity index (χ0) is 8.69. The van der Waals surface area contributed by atoms with E-state index < -0.39 is 5.97 Å². The standard InChI is InChI=1S/C6H13NO4.Pb.2H/c8-3-1-7(2-4-9)5-6(10)11;;;/h8-9H,1-5H2,(H,10,11);;;. The molecule has 0 aromatic heterocycles. The molecule has 0 fully saturated rings. The zero-order valence-electron chi connectivity index (χ0n) is 6.94. The van der Waals surface area contributed by atoms with E-state index in [0.29, 0.717) is 0 Å². The molecule has 3 N–H and O–H groups in total. The van der Waals surface area contributed by atoms with Crippen LogP contribution in [0.15, 0.2) is 0 Å². The fourth-order valence-electron chi connectivity index (χ4n) is 0.744. The van der Waals surface area contributed by atoms with Gasteiger partial charge < -0.3 is 15.3 Å². The van der Waals surface area contributed by atoms with E-state index in [-0.39, 0.29) is 60.1 Å². The molecule has 5 nitrogen and oxygen atoms in total. The summed E-state index contributed by atoms with van der Waals surface area (Å²) in [5.74, 6) is -0.952. The number of carbonyl (C=O) groups is 1. The van der Waals surface area contributed by atoms with Crippen molar-refractivity contribution in [1.29, 1.82) is 0 Å². The molecule has 0 bridgehead atoms. The van der Waals surface area contributed by atoms with Crippen LogP contribution in [0.5, 0.6) is 0 Å². The van der Waals surface area contributed by atoms with Gasteiger partial charge >= 0.3 is 33.3 Å². The molecule has 12 heavy (non-hydrogen) atoms. The summed E-state index contributed by atoms with van der Waals surface area (Å²) in [6.45, 7) is 0.251. The van der Waals surface area contributed by atoms with Crippen molar-refractivity contribution in [3.05, 3.63) is 0 Å². The second kappa shape index (κ2) is 9.36. The van der Waals surface area contributed by atoms with Crippen LogP contribution in [0.25, 0.3) is 0 Å². The summed E-state index contributed by atoms with van der Waals surface area (Å²) in [6.07, 6.45) is 0. The Kier molecular flexibility index (Phi) is 11.5. The van der Waals surface area contributed by atoms with Crippen LogP contribution in [0.1, 0.15) is 0 Å². The van der Waals surface area contributed by atoms with E-state index in [0.717, 1.165) is 0 Å². The zero-order valence-corrected chi connectivity index (χ0v) is 12.4. The maximum absolute atomic E-state index is 10.2. The van der Waals surface area contributed by atoms with E-state index in [9.17, 15) is 4.79 Å². The van der Waals surface area contributed by atoms with Gasteiger partial charge in [-0.1, -0.05) is 0 Å². The summed E-state index contributed by atoms with van der Waals surface area (Å²) in [6, 6.07) is 0. The van der Waals surface area contributed by atoms with Gasteiger partial charge in [-0.15, -0.1) is 0 Å². The van der Waals surface area contributed by atoms with Gasteiger partial charge in [-0.3, -0.25) is 9.69 Å². The van der Waals surface area contributed by atoms with Crippen LogP contribution in [0.3, 0.4) is 0 Å². The van der Waals surface area contributed by atoms with E-state index in [4.69, 9.17) is 15.3 Å². The molecule has 0 unspecified atom stereocenters. The van der Waals surface area contributed by atoms with Crippen LogP contribution in [0, 0.1) is 0 Å². The Morgan fingerprint density at radius 3 is 1.83 bits per heavy atom. The van der Waals surface area contributed by atoms with Gasteiger partial charge in [0.1, 0.15) is 0 Å². The Bertz CT molecular complexity index is 116. The average Bonchev–Trinajstić information content (AvgIpc) is 1.87. The van der Waals surface area contributed by atoms with Crippen LogP contribution in [0.2, 0.25) is 0 Å². The monoisotopic (exact) mass is 373 g/mol. The van der Waals surface area contributed by atoms with E-state index in [1.807, 2.05) is 0 Å². The van der Waals surface area contributed by atoms with Gasteiger partial charge in [-0.05, 0) is 0 Å². The minimum atomic E-state index is -0.952. The second-order valence-electron chi connectivity index (χ2n) is 2.12. The molecular formula is C6H15NO4Pb. The number of rotatable bonds is 6. The predicted octanol–water partition coefficient (Wildman–Crippen LogP) is -2.56. The molecule has 0 saturated carbocycles. The Morgan fingerprint density at radius 1 is 1.17 bits per heavy atom. The van der Waals surface area contributed by atoms with Crippen molar-refractivity contribution < 1.29 is 20.1 Å². The number of nitrogens with zero attached hydrogens (tertiary/aromatic N) is 1. The fraction of sp³-hybridized carbons (Fsp3) is 0.833. The topological polar surface area (TPSA) is 81.0 Å². The second-order valence-corrected chi connectivity index (χ2v) is 2.12. The van der Waals surface area contributed by atoms with Crippen molar-refractivity contribution in [1.82, 2.24) is 4.90 Å². The maximum atomic E-state index is 10.2. The Hall–Kier alpha value is 0.272. The van der Waals surface area contributed by atoms with E-state index >= 15 is 0 Å². The number of aliphatic hydroxyl groups excluding tert-OH is 2. The molecule has 0 aromatic carbocycles. The number of hydrogen-bond donors (Lipinski definition) is 3. The number of hydrogen-bond acceptors (Lipinski definition) is 4. The fourth-order valence-corrected chi connectivity index (χ4v) is 0.744. The van der Waals surface area contributed by atoms with Gasteiger partial charge in [0.25, 0.3) is 0 Å². The molecule has 0 aromatic rings. The van der Waals surface area contributed by atoms with Crippen LogP contribution >= 0.6 is 0 Å². The first kappa shape index (κ1) is 14.8. The molecule has 0 heterocycles. The van der Waals surface area contributed by atoms with E-state index in [1.54, 1.807) is 0 Å². The Morgan fingerprint density at radius 2 is 1.58 bits per heavy atom. The first-order valence-electron chi connectivity index (χ1n) is 3.36. The molecule has 6 heteroatoms. The van der Waals surface area contributed by atoms with Crippen LogP contribution < -0.4 is 0 Å². The normalized spacial score (nSPS) is 9.58. The van der Waals surface area contributed by atoms with Crippen molar-refractivity contribution in [2.75, 3.05) is 32.8 Å². The van der Waals surface area contributed by atoms with E-state index in [2.05, 4.69) is 0 Å². The van der Waals surface area contributed by atoms with Gasteiger partial charge in [0.05, 0.1) is 19.8 Å². The van der Waals surface area contributed by atoms with E-state index in [1.165, 1.54) is 4.90 Å². The molecule has 72 valence electrons. The number of aliphatic carboxylic acids is 1. The van der Waals surface area contributed by atoms with Gasteiger partial charge in [0.2, 0.25) is 0 Å².